The summed E-state index contributed by atoms with van der Waals surface area (Å²) in [6.45, 7) is 2.96. The van der Waals surface area contributed by atoms with Crippen molar-refractivity contribution in [2.75, 3.05) is 37.8 Å². The maximum absolute atomic E-state index is 12.3. The molecule has 0 bridgehead atoms. The van der Waals surface area contributed by atoms with E-state index < -0.39 is 12.0 Å². The number of nitrogens with two attached hydrogens (primary N) is 2. The number of halogens is 1. The van der Waals surface area contributed by atoms with Crippen molar-refractivity contribution in [3.63, 3.8) is 0 Å². The molecule has 0 radical (unpaired) electrons. The number of alkyl halides is 1. The molecule has 0 saturated carbocycles. The lowest BCUT2D eigenvalue weighted by atomic mass is 9.94. The minimum atomic E-state index is -0.833. The topological polar surface area (TPSA) is 110 Å². The molecule has 0 aromatic rings. The summed E-state index contributed by atoms with van der Waals surface area (Å²) in [6.07, 6.45) is 3.40. The van der Waals surface area contributed by atoms with Crippen molar-refractivity contribution in [3.05, 3.63) is 0 Å². The van der Waals surface area contributed by atoms with Gasteiger partial charge in [-0.05, 0) is 43.9 Å². The Kier molecular flexibility index (Phi) is 13.1. The Morgan fingerprint density at radius 2 is 1.96 bits per heavy atom. The predicted molar refractivity (Wildman–Crippen MR) is 92.2 cm³/mol. The molecule has 1 fully saturated rings. The molecule has 23 heavy (non-hydrogen) atoms. The van der Waals surface area contributed by atoms with Crippen LogP contribution in [-0.2, 0) is 9.59 Å². The number of nitrogens with zero attached hydrogens (tertiary/aromatic N) is 1. The first-order valence-electron chi connectivity index (χ1n) is 8.00. The summed E-state index contributed by atoms with van der Waals surface area (Å²) in [4.78, 5) is 23.0. The van der Waals surface area contributed by atoms with Crippen LogP contribution in [0.25, 0.3) is 0 Å². The molecule has 1 saturated heterocycles. The van der Waals surface area contributed by atoms with Gasteiger partial charge in [0.25, 0.3) is 5.97 Å². The molecule has 1 rings (SSSR count). The number of carboxylic acid groups (broad SMARTS) is 1. The molecule has 5 N–H and O–H groups in total. The van der Waals surface area contributed by atoms with E-state index in [2.05, 4.69) is 0 Å². The fourth-order valence-corrected chi connectivity index (χ4v) is 3.23. The molecule has 1 amide bonds. The quantitative estimate of drug-likeness (QED) is 0.565. The second kappa shape index (κ2) is 13.6. The molecule has 1 heterocycles. The second-order valence-electron chi connectivity index (χ2n) is 5.59. The Morgan fingerprint density at radius 1 is 1.39 bits per heavy atom. The highest BCUT2D eigenvalue weighted by molar-refractivity contribution is 7.99. The minimum absolute atomic E-state index is 0.0407. The minimum Gasteiger partial charge on any atom is -0.481 e. The van der Waals surface area contributed by atoms with Crippen LogP contribution in [0, 0.1) is 5.92 Å². The number of piperidine rings is 1. The Morgan fingerprint density at radius 3 is 2.43 bits per heavy atom. The number of likely N-dealkylation sites (tertiary alicyclic amines) is 1. The van der Waals surface area contributed by atoms with Crippen LogP contribution < -0.4 is 11.5 Å². The van der Waals surface area contributed by atoms with Crippen molar-refractivity contribution in [2.45, 2.75) is 38.6 Å². The molecule has 1 aliphatic rings. The molecule has 136 valence electrons. The highest BCUT2D eigenvalue weighted by atomic mass is 32.2. The third-order valence-electron chi connectivity index (χ3n) is 3.55. The predicted octanol–water partition coefficient (Wildman–Crippen LogP) is 1.08. The molecule has 6 nitrogen and oxygen atoms in total. The van der Waals surface area contributed by atoms with Crippen LogP contribution in [0.1, 0.15) is 32.6 Å². The summed E-state index contributed by atoms with van der Waals surface area (Å²) in [6, 6.07) is -0.416. The highest BCUT2D eigenvalue weighted by Crippen LogP contribution is 2.21. The zero-order valence-electron chi connectivity index (χ0n) is 13.9. The molecule has 0 unspecified atom stereocenters. The third kappa shape index (κ3) is 11.3. The van der Waals surface area contributed by atoms with Gasteiger partial charge >= 0.3 is 0 Å². The van der Waals surface area contributed by atoms with E-state index in [1.807, 2.05) is 4.90 Å². The summed E-state index contributed by atoms with van der Waals surface area (Å²) in [5, 5.41) is 7.42. The Balaban J connectivity index is 0.00000108. The zero-order chi connectivity index (χ0) is 17.7. The average molecular weight is 351 g/mol. The summed E-state index contributed by atoms with van der Waals surface area (Å²) in [7, 11) is 0. The summed E-state index contributed by atoms with van der Waals surface area (Å²) in [5.41, 5.74) is 11.3. The number of hydrogen-bond donors (Lipinski definition) is 3. The standard InChI is InChI=1S/C13H26FN3OS.C2H4O2/c14-5-2-11-3-7-17(8-4-11)13(18)12(16)10-19-9-1-6-15;1-2(3)4/h11-12H,1-10,15-16H2;1H3,(H,3,4)/t12-;/m0./s1. The number of aliphatic carboxylic acids is 1. The van der Waals surface area contributed by atoms with Crippen LogP contribution in [0.5, 0.6) is 0 Å². The number of amides is 1. The molecule has 0 spiro atoms. The summed E-state index contributed by atoms with van der Waals surface area (Å²) >= 11 is 1.68. The van der Waals surface area contributed by atoms with Crippen molar-refractivity contribution in [1.82, 2.24) is 4.90 Å². The molecule has 1 atom stereocenters. The van der Waals surface area contributed by atoms with Gasteiger partial charge in [-0.25, -0.2) is 0 Å². The second-order valence-corrected chi connectivity index (χ2v) is 6.74. The van der Waals surface area contributed by atoms with Crippen LogP contribution in [-0.4, -0.2) is 65.7 Å². The van der Waals surface area contributed by atoms with E-state index in [0.29, 0.717) is 24.6 Å². The lowest BCUT2D eigenvalue weighted by molar-refractivity contribution is -0.134. The van der Waals surface area contributed by atoms with Gasteiger partial charge in [-0.2, -0.15) is 11.8 Å². The van der Waals surface area contributed by atoms with E-state index in [9.17, 15) is 9.18 Å². The van der Waals surface area contributed by atoms with E-state index in [4.69, 9.17) is 21.4 Å². The maximum atomic E-state index is 12.3. The number of carbonyl (C=O) groups is 2. The fourth-order valence-electron chi connectivity index (χ4n) is 2.30. The summed E-state index contributed by atoms with van der Waals surface area (Å²) < 4.78 is 12.3. The van der Waals surface area contributed by atoms with E-state index >= 15 is 0 Å². The van der Waals surface area contributed by atoms with E-state index in [1.165, 1.54) is 0 Å². The normalized spacial score (nSPS) is 16.4. The number of carbonyl (C=O) groups excluding carboxylic acids is 1. The Hall–Kier alpha value is -0.860. The van der Waals surface area contributed by atoms with Gasteiger partial charge < -0.3 is 21.5 Å². The first-order chi connectivity index (χ1) is 10.9. The smallest absolute Gasteiger partial charge is 0.300 e. The van der Waals surface area contributed by atoms with Gasteiger partial charge in [0.2, 0.25) is 5.91 Å². The Bertz CT molecular complexity index is 336. The van der Waals surface area contributed by atoms with Crippen LogP contribution in [0.4, 0.5) is 4.39 Å². The molecule has 8 heteroatoms. The average Bonchev–Trinajstić information content (AvgIpc) is 2.51. The zero-order valence-corrected chi connectivity index (χ0v) is 14.7. The highest BCUT2D eigenvalue weighted by Gasteiger charge is 2.25. The fraction of sp³-hybridized carbons (Fsp3) is 0.867. The van der Waals surface area contributed by atoms with E-state index in [0.717, 1.165) is 45.0 Å². The van der Waals surface area contributed by atoms with Crippen LogP contribution in [0.2, 0.25) is 0 Å². The van der Waals surface area contributed by atoms with Crippen LogP contribution >= 0.6 is 11.8 Å². The number of hydrogen-bond acceptors (Lipinski definition) is 5. The largest absolute Gasteiger partial charge is 0.481 e. The van der Waals surface area contributed by atoms with Crippen molar-refractivity contribution >= 4 is 23.6 Å². The maximum Gasteiger partial charge on any atom is 0.300 e. The third-order valence-corrected chi connectivity index (χ3v) is 4.72. The monoisotopic (exact) mass is 351 g/mol. The molecule has 0 aliphatic carbocycles. The van der Waals surface area contributed by atoms with Crippen molar-refractivity contribution in [2.24, 2.45) is 17.4 Å². The van der Waals surface area contributed by atoms with Crippen LogP contribution in [0.15, 0.2) is 0 Å². The Labute approximate surface area is 142 Å². The van der Waals surface area contributed by atoms with Gasteiger partial charge in [0, 0.05) is 25.8 Å². The van der Waals surface area contributed by atoms with E-state index in [-0.39, 0.29) is 12.6 Å². The lowest BCUT2D eigenvalue weighted by Gasteiger charge is -2.33. The SMILES string of the molecule is CC(=O)O.NCCCSC[C@H](N)C(=O)N1CCC(CCF)CC1. The first-order valence-corrected chi connectivity index (χ1v) is 9.15. The van der Waals surface area contributed by atoms with Gasteiger partial charge in [-0.15, -0.1) is 0 Å². The number of carboxylic acids is 1. The van der Waals surface area contributed by atoms with Gasteiger partial charge in [0.1, 0.15) is 0 Å². The van der Waals surface area contributed by atoms with E-state index in [1.54, 1.807) is 11.8 Å². The molecular formula is C15H30FN3O3S. The summed E-state index contributed by atoms with van der Waals surface area (Å²) in [5.74, 6) is 1.25. The van der Waals surface area contributed by atoms with Crippen molar-refractivity contribution < 1.29 is 19.1 Å². The van der Waals surface area contributed by atoms with Crippen molar-refractivity contribution in [3.8, 4) is 0 Å². The van der Waals surface area contributed by atoms with Crippen molar-refractivity contribution in [1.29, 1.82) is 0 Å². The van der Waals surface area contributed by atoms with Gasteiger partial charge in [-0.3, -0.25) is 14.0 Å². The van der Waals surface area contributed by atoms with Gasteiger partial charge in [0.05, 0.1) is 12.7 Å². The molecular weight excluding hydrogens is 321 g/mol. The number of thioether (sulfide) groups is 1. The first kappa shape index (κ1) is 22.1. The molecule has 0 aromatic heterocycles. The molecule has 0 aromatic carbocycles. The number of rotatable bonds is 8. The van der Waals surface area contributed by atoms with Gasteiger partial charge in [-0.1, -0.05) is 0 Å². The lowest BCUT2D eigenvalue weighted by Crippen LogP contribution is -2.48. The molecule has 1 aliphatic heterocycles. The van der Waals surface area contributed by atoms with Gasteiger partial charge in [0.15, 0.2) is 0 Å². The van der Waals surface area contributed by atoms with Crippen LogP contribution in [0.3, 0.4) is 0 Å².